The maximum atomic E-state index is 6.18. The zero-order valence-corrected chi connectivity index (χ0v) is 20.8. The van der Waals surface area contributed by atoms with Crippen LogP contribution in [-0.2, 0) is 0 Å². The van der Waals surface area contributed by atoms with Crippen molar-refractivity contribution in [2.45, 2.75) is 0 Å². The highest BCUT2D eigenvalue weighted by Crippen LogP contribution is 2.33. The van der Waals surface area contributed by atoms with Gasteiger partial charge in [0.05, 0.1) is 22.1 Å². The van der Waals surface area contributed by atoms with Crippen LogP contribution in [0.1, 0.15) is 0 Å². The van der Waals surface area contributed by atoms with Crippen LogP contribution in [0, 0.1) is 0 Å². The van der Waals surface area contributed by atoms with Crippen LogP contribution < -0.4 is 0 Å². The number of aromatic nitrogens is 2. The molecule has 6 rings (SSSR count). The van der Waals surface area contributed by atoms with E-state index < -0.39 is 0 Å². The van der Waals surface area contributed by atoms with Crippen LogP contribution in [-0.4, -0.2) is 9.13 Å². The number of rotatable bonds is 2. The molecule has 0 bridgehead atoms. The topological polar surface area (TPSA) is 9.86 Å². The molecular weight excluding hydrogens is 506 g/mol. The van der Waals surface area contributed by atoms with Gasteiger partial charge in [0.25, 0.3) is 0 Å². The molecule has 0 saturated heterocycles. The fraction of sp³-hybridized carbons (Fsp3) is 0. The highest BCUT2D eigenvalue weighted by Gasteiger charge is 2.12. The van der Waals surface area contributed by atoms with Crippen molar-refractivity contribution >= 4 is 100 Å². The number of hydrogen-bond acceptors (Lipinski definition) is 0. The van der Waals surface area contributed by atoms with Crippen LogP contribution in [0.3, 0.4) is 0 Å². The summed E-state index contributed by atoms with van der Waals surface area (Å²) in [6.07, 6.45) is 0. The van der Waals surface area contributed by atoms with E-state index in [9.17, 15) is 0 Å². The highest BCUT2D eigenvalue weighted by molar-refractivity contribution is 6.51. The fourth-order valence-corrected chi connectivity index (χ4v) is 4.96. The van der Waals surface area contributed by atoms with E-state index in [1.165, 1.54) is 32.6 Å². The summed E-state index contributed by atoms with van der Waals surface area (Å²) in [5.41, 5.74) is 7.04. The molecule has 2 nitrogen and oxygen atoms in total. The number of benzene rings is 4. The van der Waals surface area contributed by atoms with E-state index >= 15 is 0 Å². The first kappa shape index (κ1) is 22.9. The Morgan fingerprint density at radius 2 is 0.676 bits per heavy atom. The Morgan fingerprint density at radius 1 is 0.441 bits per heavy atom. The van der Waals surface area contributed by atoms with Gasteiger partial charge in [0.2, 0.25) is 0 Å². The number of para-hydroxylation sites is 4. The van der Waals surface area contributed by atoms with Crippen molar-refractivity contribution in [3.05, 3.63) is 108 Å². The quantitative estimate of drug-likeness (QED) is 0.213. The van der Waals surface area contributed by atoms with Crippen LogP contribution in [0.5, 0.6) is 0 Å². The summed E-state index contributed by atoms with van der Waals surface area (Å²) in [5, 5.41) is 5.73. The summed E-state index contributed by atoms with van der Waals surface area (Å²) in [6, 6.07) is 32.6. The molecule has 0 aliphatic rings. The highest BCUT2D eigenvalue weighted by atomic mass is 35.5. The maximum absolute atomic E-state index is 6.18. The van der Waals surface area contributed by atoms with Crippen LogP contribution in [0.4, 0.5) is 0 Å². The van der Waals surface area contributed by atoms with E-state index in [4.69, 9.17) is 46.4 Å². The van der Waals surface area contributed by atoms with Gasteiger partial charge in [0, 0.05) is 32.6 Å². The molecule has 0 atom stereocenters. The Bertz CT molecular complexity index is 1470. The van der Waals surface area contributed by atoms with Gasteiger partial charge in [-0.1, -0.05) is 119 Å². The lowest BCUT2D eigenvalue weighted by Gasteiger charge is -2.03. The zero-order chi connectivity index (χ0) is 23.7. The van der Waals surface area contributed by atoms with Gasteiger partial charge >= 0.3 is 0 Å². The van der Waals surface area contributed by atoms with E-state index in [0.29, 0.717) is 10.3 Å². The minimum absolute atomic E-state index is 0.504. The Labute approximate surface area is 216 Å². The van der Waals surface area contributed by atoms with Gasteiger partial charge in [0.15, 0.2) is 0 Å². The molecule has 2 heterocycles. The average molecular weight is 524 g/mol. The molecule has 0 radical (unpaired) electrons. The summed E-state index contributed by atoms with van der Waals surface area (Å²) >= 11 is 23.8. The van der Waals surface area contributed by atoms with Crippen molar-refractivity contribution in [2.75, 3.05) is 0 Å². The first-order valence-electron chi connectivity index (χ1n) is 10.5. The molecule has 0 aliphatic carbocycles. The summed E-state index contributed by atoms with van der Waals surface area (Å²) in [6.45, 7) is 0. The van der Waals surface area contributed by atoms with Gasteiger partial charge in [0.1, 0.15) is 10.3 Å². The second-order valence-corrected chi connectivity index (χ2v) is 8.81. The molecule has 6 heteroatoms. The lowest BCUT2D eigenvalue weighted by Crippen LogP contribution is -1.89. The summed E-state index contributed by atoms with van der Waals surface area (Å²) < 4.78 is 3.92. The molecule has 0 aliphatic heterocycles. The molecule has 4 aromatic carbocycles. The van der Waals surface area contributed by atoms with Crippen molar-refractivity contribution < 1.29 is 0 Å². The van der Waals surface area contributed by atoms with Gasteiger partial charge in [-0.3, -0.25) is 9.13 Å². The molecular formula is C28H18Cl4N2. The fourth-order valence-electron chi connectivity index (χ4n) is 4.40. The van der Waals surface area contributed by atoms with Crippen molar-refractivity contribution in [3.63, 3.8) is 0 Å². The summed E-state index contributed by atoms with van der Waals surface area (Å²) in [5.74, 6) is 0. The standard InChI is InChI=1S/2C14H9Cl2N/c2*15-9-14(16)17-12-7-3-1-5-10(12)11-6-2-4-8-13(11)17/h2*1-9H/b2*14-9+. The van der Waals surface area contributed by atoms with Crippen LogP contribution in [0.15, 0.2) is 108 Å². The molecule has 0 saturated carbocycles. The van der Waals surface area contributed by atoms with Crippen LogP contribution >= 0.6 is 46.4 Å². The monoisotopic (exact) mass is 522 g/mol. The van der Waals surface area contributed by atoms with Gasteiger partial charge < -0.3 is 0 Å². The minimum Gasteiger partial charge on any atom is -0.299 e. The summed E-state index contributed by atoms with van der Waals surface area (Å²) in [4.78, 5) is 0. The third-order valence-corrected chi connectivity index (χ3v) is 6.96. The summed E-state index contributed by atoms with van der Waals surface area (Å²) in [7, 11) is 0. The largest absolute Gasteiger partial charge is 0.299 e. The van der Waals surface area contributed by atoms with Gasteiger partial charge in [-0.05, 0) is 24.3 Å². The normalized spacial score (nSPS) is 12.5. The van der Waals surface area contributed by atoms with Crippen molar-refractivity contribution in [2.24, 2.45) is 0 Å². The van der Waals surface area contributed by atoms with E-state index in [1.807, 2.05) is 81.9 Å². The molecule has 6 aromatic rings. The Hall–Kier alpha value is -2.88. The first-order chi connectivity index (χ1) is 16.7. The van der Waals surface area contributed by atoms with Crippen molar-refractivity contribution in [1.29, 1.82) is 0 Å². The predicted octanol–water partition coefficient (Wildman–Crippen LogP) is 10.1. The maximum Gasteiger partial charge on any atom is 0.125 e. The molecule has 0 amide bonds. The van der Waals surface area contributed by atoms with Crippen molar-refractivity contribution in [1.82, 2.24) is 9.13 Å². The lowest BCUT2D eigenvalue weighted by atomic mass is 10.2. The van der Waals surface area contributed by atoms with Gasteiger partial charge in [-0.15, -0.1) is 0 Å². The predicted molar refractivity (Wildman–Crippen MR) is 151 cm³/mol. The molecule has 0 N–H and O–H groups in total. The molecule has 2 aromatic heterocycles. The van der Waals surface area contributed by atoms with Crippen LogP contribution in [0.25, 0.3) is 53.9 Å². The van der Waals surface area contributed by atoms with E-state index in [2.05, 4.69) is 24.3 Å². The second kappa shape index (κ2) is 9.77. The van der Waals surface area contributed by atoms with Gasteiger partial charge in [-0.2, -0.15) is 0 Å². The SMILES string of the molecule is Cl/C=C(\Cl)n1c2ccccc2c2ccccc21.Cl/C=C(\Cl)n1c2ccccc2c2ccccc21. The third kappa shape index (κ3) is 3.87. The Kier molecular flexibility index (Phi) is 6.58. The van der Waals surface area contributed by atoms with E-state index in [-0.39, 0.29) is 0 Å². The Balaban J connectivity index is 0.000000142. The van der Waals surface area contributed by atoms with E-state index in [1.54, 1.807) is 0 Å². The molecule has 34 heavy (non-hydrogen) atoms. The first-order valence-corrected chi connectivity index (χ1v) is 12.2. The third-order valence-electron chi connectivity index (χ3n) is 5.77. The molecule has 0 spiro atoms. The van der Waals surface area contributed by atoms with Gasteiger partial charge in [-0.25, -0.2) is 0 Å². The number of halogens is 4. The Morgan fingerprint density at radius 3 is 0.912 bits per heavy atom. The van der Waals surface area contributed by atoms with Crippen molar-refractivity contribution in [3.8, 4) is 0 Å². The zero-order valence-electron chi connectivity index (χ0n) is 17.8. The lowest BCUT2D eigenvalue weighted by molar-refractivity contribution is 1.27. The average Bonchev–Trinajstić information content (AvgIpc) is 3.41. The van der Waals surface area contributed by atoms with Crippen LogP contribution in [0.2, 0.25) is 0 Å². The molecule has 168 valence electrons. The van der Waals surface area contributed by atoms with E-state index in [0.717, 1.165) is 22.1 Å². The number of hydrogen-bond donors (Lipinski definition) is 0. The molecule has 0 unspecified atom stereocenters. The minimum atomic E-state index is 0.504. The smallest absolute Gasteiger partial charge is 0.125 e. The number of nitrogens with zero attached hydrogens (tertiary/aromatic N) is 2. The molecule has 0 fully saturated rings. The second-order valence-electron chi connectivity index (χ2n) is 7.60. The number of fused-ring (bicyclic) bond motifs is 6.